The molecule has 0 aromatic heterocycles. The van der Waals surface area contributed by atoms with Gasteiger partial charge in [-0.3, -0.25) is 0 Å². The molecule has 84 valence electrons. The first-order valence-corrected chi connectivity index (χ1v) is 5.79. The van der Waals surface area contributed by atoms with Gasteiger partial charge in [-0.2, -0.15) is 0 Å². The average molecular weight is 228 g/mol. The zero-order valence-electron chi connectivity index (χ0n) is 9.37. The van der Waals surface area contributed by atoms with E-state index in [9.17, 15) is 9.32 Å². The summed E-state index contributed by atoms with van der Waals surface area (Å²) in [6, 6.07) is 3.42. The van der Waals surface area contributed by atoms with Crippen LogP contribution in [0.3, 0.4) is 0 Å². The van der Waals surface area contributed by atoms with Crippen LogP contribution in [-0.4, -0.2) is 13.9 Å². The van der Waals surface area contributed by atoms with Crippen LogP contribution in [0.15, 0.2) is 17.0 Å². The Labute approximate surface area is 92.4 Å². The summed E-state index contributed by atoms with van der Waals surface area (Å²) in [6.45, 7) is 7.77. The molecule has 15 heavy (non-hydrogen) atoms. The zero-order chi connectivity index (χ0) is 11.8. The van der Waals surface area contributed by atoms with Gasteiger partial charge in [0, 0.05) is 0 Å². The van der Waals surface area contributed by atoms with Gasteiger partial charge in [0.2, 0.25) is 0 Å². The van der Waals surface area contributed by atoms with Crippen molar-refractivity contribution in [2.24, 2.45) is 0 Å². The van der Waals surface area contributed by atoms with E-state index in [-0.39, 0.29) is 16.1 Å². The molecule has 0 fully saturated rings. The summed E-state index contributed by atoms with van der Waals surface area (Å²) >= 11 is -2.15. The van der Waals surface area contributed by atoms with Crippen molar-refractivity contribution < 1.29 is 13.9 Å². The fourth-order valence-corrected chi connectivity index (χ4v) is 1.87. The van der Waals surface area contributed by atoms with Gasteiger partial charge in [0.1, 0.15) is 10.6 Å². The maximum Gasteiger partial charge on any atom is 0.190 e. The number of hydrogen-bond donors (Lipinski definition) is 2. The summed E-state index contributed by atoms with van der Waals surface area (Å²) in [7, 11) is 0. The highest BCUT2D eigenvalue weighted by Crippen LogP contribution is 2.31. The van der Waals surface area contributed by atoms with Crippen LogP contribution in [0.5, 0.6) is 5.75 Å². The van der Waals surface area contributed by atoms with Crippen LogP contribution in [0.2, 0.25) is 0 Å². The first kappa shape index (κ1) is 12.2. The molecule has 4 heteroatoms. The molecular weight excluding hydrogens is 212 g/mol. The lowest BCUT2D eigenvalue weighted by atomic mass is 9.86. The molecule has 1 rings (SSSR count). The Morgan fingerprint density at radius 1 is 1.27 bits per heavy atom. The second kappa shape index (κ2) is 3.94. The van der Waals surface area contributed by atoms with Crippen LogP contribution < -0.4 is 0 Å². The summed E-state index contributed by atoms with van der Waals surface area (Å²) in [5.41, 5.74) is 1.46. The molecule has 1 aromatic rings. The molecule has 0 aliphatic rings. The van der Waals surface area contributed by atoms with Crippen LogP contribution >= 0.6 is 0 Å². The molecule has 0 amide bonds. The highest BCUT2D eigenvalue weighted by molar-refractivity contribution is 7.79. The summed E-state index contributed by atoms with van der Waals surface area (Å²) in [5.74, 6) is -0.0937. The van der Waals surface area contributed by atoms with Gasteiger partial charge >= 0.3 is 0 Å². The largest absolute Gasteiger partial charge is 0.506 e. The van der Waals surface area contributed by atoms with E-state index in [1.165, 1.54) is 0 Å². The Kier molecular flexibility index (Phi) is 3.21. The lowest BCUT2D eigenvalue weighted by Gasteiger charge is -2.20. The van der Waals surface area contributed by atoms with E-state index in [2.05, 4.69) is 0 Å². The molecule has 0 aliphatic carbocycles. The molecule has 0 saturated carbocycles. The predicted molar refractivity (Wildman–Crippen MR) is 60.6 cm³/mol. The van der Waals surface area contributed by atoms with E-state index < -0.39 is 11.1 Å². The van der Waals surface area contributed by atoms with Crippen LogP contribution in [0.1, 0.15) is 31.9 Å². The quantitative estimate of drug-likeness (QED) is 0.726. The SMILES string of the molecule is Cc1cc(C(C)(C)C)cc(S(=O)O)c1O. The smallest absolute Gasteiger partial charge is 0.190 e. The van der Waals surface area contributed by atoms with Crippen molar-refractivity contribution in [2.45, 2.75) is 38.0 Å². The molecule has 0 radical (unpaired) electrons. The van der Waals surface area contributed by atoms with Gasteiger partial charge in [-0.15, -0.1) is 0 Å². The van der Waals surface area contributed by atoms with Gasteiger partial charge in [0.15, 0.2) is 11.1 Å². The first-order valence-electron chi connectivity index (χ1n) is 4.68. The molecule has 1 unspecified atom stereocenters. The number of rotatable bonds is 1. The van der Waals surface area contributed by atoms with E-state index >= 15 is 0 Å². The molecule has 0 heterocycles. The molecule has 2 N–H and O–H groups in total. The Balaban J connectivity index is 3.43. The van der Waals surface area contributed by atoms with E-state index in [1.807, 2.05) is 26.8 Å². The fraction of sp³-hybridized carbons (Fsp3) is 0.455. The van der Waals surface area contributed by atoms with E-state index in [1.54, 1.807) is 13.0 Å². The van der Waals surface area contributed by atoms with Gasteiger partial charge in [0.25, 0.3) is 0 Å². The molecule has 0 spiro atoms. The van der Waals surface area contributed by atoms with E-state index in [0.717, 1.165) is 5.56 Å². The average Bonchev–Trinajstić information content (AvgIpc) is 2.06. The topological polar surface area (TPSA) is 57.5 Å². The normalized spacial score (nSPS) is 13.9. The van der Waals surface area contributed by atoms with E-state index in [0.29, 0.717) is 5.56 Å². The minimum Gasteiger partial charge on any atom is -0.506 e. The first-order chi connectivity index (χ1) is 6.73. The number of phenols is 1. The third-order valence-electron chi connectivity index (χ3n) is 2.32. The lowest BCUT2D eigenvalue weighted by Crippen LogP contribution is -2.12. The van der Waals surface area contributed by atoms with Gasteiger partial charge in [-0.05, 0) is 29.5 Å². The minimum atomic E-state index is -2.15. The maximum absolute atomic E-state index is 11.0. The van der Waals surface area contributed by atoms with Crippen molar-refractivity contribution in [3.8, 4) is 5.75 Å². The Morgan fingerprint density at radius 2 is 1.80 bits per heavy atom. The predicted octanol–water partition coefficient (Wildman–Crippen LogP) is 2.58. The maximum atomic E-state index is 11.0. The molecule has 1 aromatic carbocycles. The Morgan fingerprint density at radius 3 is 2.20 bits per heavy atom. The molecular formula is C11H16O3S. The Hall–Kier alpha value is -0.870. The second-order valence-electron chi connectivity index (χ2n) is 4.64. The zero-order valence-corrected chi connectivity index (χ0v) is 10.2. The highest BCUT2D eigenvalue weighted by Gasteiger charge is 2.19. The minimum absolute atomic E-state index is 0.0833. The molecule has 1 atom stereocenters. The van der Waals surface area contributed by atoms with Crippen LogP contribution in [0.25, 0.3) is 0 Å². The van der Waals surface area contributed by atoms with Crippen molar-refractivity contribution in [3.63, 3.8) is 0 Å². The van der Waals surface area contributed by atoms with Gasteiger partial charge in [-0.1, -0.05) is 26.8 Å². The standard InChI is InChI=1S/C11H16O3S/c1-7-5-8(11(2,3)4)6-9(10(7)12)15(13)14/h5-6,12H,1-4H3,(H,13,14). The monoisotopic (exact) mass is 228 g/mol. The summed E-state index contributed by atoms with van der Waals surface area (Å²) < 4.78 is 20.0. The summed E-state index contributed by atoms with van der Waals surface area (Å²) in [6.07, 6.45) is 0. The fourth-order valence-electron chi connectivity index (χ4n) is 1.31. The third kappa shape index (κ3) is 2.58. The number of aryl methyl sites for hydroxylation is 1. The van der Waals surface area contributed by atoms with Gasteiger partial charge in [-0.25, -0.2) is 4.21 Å². The van der Waals surface area contributed by atoms with Crippen molar-refractivity contribution in [1.82, 2.24) is 0 Å². The van der Waals surface area contributed by atoms with Crippen molar-refractivity contribution >= 4 is 11.1 Å². The second-order valence-corrected chi connectivity index (χ2v) is 5.58. The number of hydrogen-bond acceptors (Lipinski definition) is 2. The Bertz CT molecular complexity index is 405. The van der Waals surface area contributed by atoms with Crippen molar-refractivity contribution in [3.05, 3.63) is 23.3 Å². The van der Waals surface area contributed by atoms with Crippen LogP contribution in [0, 0.1) is 6.92 Å². The summed E-state index contributed by atoms with van der Waals surface area (Å²) in [4.78, 5) is 0.0833. The van der Waals surface area contributed by atoms with Crippen molar-refractivity contribution in [2.75, 3.05) is 0 Å². The van der Waals surface area contributed by atoms with Crippen LogP contribution in [0.4, 0.5) is 0 Å². The molecule has 0 saturated heterocycles. The van der Waals surface area contributed by atoms with Crippen molar-refractivity contribution in [1.29, 1.82) is 0 Å². The highest BCUT2D eigenvalue weighted by atomic mass is 32.2. The van der Waals surface area contributed by atoms with Gasteiger partial charge in [0.05, 0.1) is 0 Å². The van der Waals surface area contributed by atoms with Gasteiger partial charge < -0.3 is 9.66 Å². The number of aromatic hydroxyl groups is 1. The number of benzene rings is 1. The molecule has 0 aliphatic heterocycles. The lowest BCUT2D eigenvalue weighted by molar-refractivity contribution is 0.450. The third-order valence-corrected chi connectivity index (χ3v) is 3.01. The molecule has 3 nitrogen and oxygen atoms in total. The van der Waals surface area contributed by atoms with E-state index in [4.69, 9.17) is 4.55 Å². The molecule has 0 bridgehead atoms. The van der Waals surface area contributed by atoms with Crippen LogP contribution in [-0.2, 0) is 16.5 Å². The summed E-state index contributed by atoms with van der Waals surface area (Å²) in [5, 5.41) is 9.61. The number of phenolic OH excluding ortho intramolecular Hbond substituents is 1.